The minimum atomic E-state index is 0.375. The average Bonchev–Trinajstić information content (AvgIpc) is 2.60. The molecule has 2 rings (SSSR count). The minimum Gasteiger partial charge on any atom is -0.198 e. The van der Waals surface area contributed by atoms with Crippen molar-refractivity contribution in [2.45, 2.75) is 25.7 Å². The topological polar surface area (TPSA) is 23.8 Å². The van der Waals surface area contributed by atoms with Crippen molar-refractivity contribution in [1.82, 2.24) is 0 Å². The summed E-state index contributed by atoms with van der Waals surface area (Å²) < 4.78 is 0. The Balaban J connectivity index is 2.09. The van der Waals surface area contributed by atoms with E-state index in [-0.39, 0.29) is 0 Å². The first-order chi connectivity index (χ1) is 5.35. The van der Waals surface area contributed by atoms with Crippen molar-refractivity contribution in [3.05, 3.63) is 6.92 Å². The quantitative estimate of drug-likeness (QED) is 0.560. The van der Waals surface area contributed by atoms with Crippen molar-refractivity contribution in [2.75, 3.05) is 0 Å². The smallest absolute Gasteiger partial charge is 0.0658 e. The van der Waals surface area contributed by atoms with E-state index >= 15 is 0 Å². The fraction of sp³-hybridized carbons (Fsp3) is 0.800. The molecule has 0 heterocycles. The fourth-order valence-electron chi connectivity index (χ4n) is 2.98. The second-order valence-corrected chi connectivity index (χ2v) is 4.02. The van der Waals surface area contributed by atoms with Gasteiger partial charge in [0.1, 0.15) is 0 Å². The zero-order valence-electron chi connectivity index (χ0n) is 6.79. The zero-order valence-corrected chi connectivity index (χ0v) is 6.79. The monoisotopic (exact) mass is 148 g/mol. The number of hydrogen-bond donors (Lipinski definition) is 0. The van der Waals surface area contributed by atoms with Crippen molar-refractivity contribution in [1.29, 1.82) is 5.26 Å². The van der Waals surface area contributed by atoms with Gasteiger partial charge in [-0.25, -0.2) is 0 Å². The first kappa shape index (κ1) is 7.16. The molecule has 0 amide bonds. The van der Waals surface area contributed by atoms with Crippen LogP contribution in [0.25, 0.3) is 0 Å². The number of nitriles is 1. The summed E-state index contributed by atoms with van der Waals surface area (Å²) in [5, 5.41) is 8.83. The Labute approximate surface area is 68.4 Å². The SMILES string of the molecule is [CH2]CC1CC2CC(C#N)C1C2. The Morgan fingerprint density at radius 1 is 1.36 bits per heavy atom. The van der Waals surface area contributed by atoms with E-state index in [0.717, 1.165) is 18.3 Å². The molecule has 0 aromatic heterocycles. The molecule has 0 aliphatic heterocycles. The van der Waals surface area contributed by atoms with Crippen LogP contribution in [0.15, 0.2) is 0 Å². The van der Waals surface area contributed by atoms with Crippen LogP contribution in [0.4, 0.5) is 0 Å². The van der Waals surface area contributed by atoms with Crippen LogP contribution in [-0.2, 0) is 0 Å². The summed E-state index contributed by atoms with van der Waals surface area (Å²) in [6.45, 7) is 3.95. The van der Waals surface area contributed by atoms with Gasteiger partial charge in [-0.15, -0.1) is 0 Å². The van der Waals surface area contributed by atoms with Crippen LogP contribution in [0.3, 0.4) is 0 Å². The van der Waals surface area contributed by atoms with Gasteiger partial charge in [-0.2, -0.15) is 5.26 Å². The molecule has 2 aliphatic rings. The number of fused-ring (bicyclic) bond motifs is 2. The maximum Gasteiger partial charge on any atom is 0.0658 e. The molecule has 11 heavy (non-hydrogen) atoms. The van der Waals surface area contributed by atoms with Crippen LogP contribution < -0.4 is 0 Å². The van der Waals surface area contributed by atoms with Crippen LogP contribution >= 0.6 is 0 Å². The van der Waals surface area contributed by atoms with Gasteiger partial charge >= 0.3 is 0 Å². The Bertz CT molecular complexity index is 192. The number of nitrogens with zero attached hydrogens (tertiary/aromatic N) is 1. The third-order valence-electron chi connectivity index (χ3n) is 3.49. The fourth-order valence-corrected chi connectivity index (χ4v) is 2.98. The molecule has 2 fully saturated rings. The van der Waals surface area contributed by atoms with E-state index in [9.17, 15) is 0 Å². The predicted molar refractivity (Wildman–Crippen MR) is 43.4 cm³/mol. The van der Waals surface area contributed by atoms with Crippen molar-refractivity contribution in [3.8, 4) is 6.07 Å². The maximum absolute atomic E-state index is 8.83. The van der Waals surface area contributed by atoms with Crippen LogP contribution in [-0.4, -0.2) is 0 Å². The molecule has 4 unspecified atom stereocenters. The van der Waals surface area contributed by atoms with Gasteiger partial charge in [0.15, 0.2) is 0 Å². The molecule has 0 spiro atoms. The van der Waals surface area contributed by atoms with Crippen molar-refractivity contribution in [2.24, 2.45) is 23.7 Å². The highest BCUT2D eigenvalue weighted by Gasteiger charge is 2.45. The average molecular weight is 148 g/mol. The maximum atomic E-state index is 8.83. The normalized spacial score (nSPS) is 47.6. The molecular formula is C10H14N. The first-order valence-electron chi connectivity index (χ1n) is 4.54. The molecule has 2 aliphatic carbocycles. The van der Waals surface area contributed by atoms with Gasteiger partial charge in [-0.3, -0.25) is 0 Å². The number of rotatable bonds is 1. The van der Waals surface area contributed by atoms with Crippen LogP contribution in [0.1, 0.15) is 25.7 Å². The van der Waals surface area contributed by atoms with E-state index in [0.29, 0.717) is 11.8 Å². The van der Waals surface area contributed by atoms with Gasteiger partial charge in [0.2, 0.25) is 0 Å². The molecule has 0 saturated heterocycles. The van der Waals surface area contributed by atoms with Gasteiger partial charge in [0.25, 0.3) is 0 Å². The van der Waals surface area contributed by atoms with Gasteiger partial charge in [0, 0.05) is 5.92 Å². The first-order valence-corrected chi connectivity index (χ1v) is 4.54. The number of hydrogen-bond acceptors (Lipinski definition) is 1. The molecule has 1 radical (unpaired) electrons. The molecule has 0 N–H and O–H groups in total. The molecule has 2 saturated carbocycles. The lowest BCUT2D eigenvalue weighted by Crippen LogP contribution is -2.18. The molecular weight excluding hydrogens is 134 g/mol. The summed E-state index contributed by atoms with van der Waals surface area (Å²) in [4.78, 5) is 0. The molecule has 0 aromatic carbocycles. The van der Waals surface area contributed by atoms with Gasteiger partial charge in [-0.1, -0.05) is 13.3 Å². The van der Waals surface area contributed by atoms with Crippen LogP contribution in [0, 0.1) is 41.9 Å². The molecule has 2 bridgehead atoms. The highest BCUT2D eigenvalue weighted by Crippen LogP contribution is 2.52. The molecule has 1 heteroatoms. The van der Waals surface area contributed by atoms with Crippen molar-refractivity contribution < 1.29 is 0 Å². The van der Waals surface area contributed by atoms with E-state index in [2.05, 4.69) is 13.0 Å². The van der Waals surface area contributed by atoms with E-state index in [1.54, 1.807) is 0 Å². The predicted octanol–water partition coefficient (Wildman–Crippen LogP) is 2.40. The van der Waals surface area contributed by atoms with Crippen molar-refractivity contribution in [3.63, 3.8) is 0 Å². The second kappa shape index (κ2) is 2.52. The summed E-state index contributed by atoms with van der Waals surface area (Å²) in [5.41, 5.74) is 0. The molecule has 1 nitrogen and oxygen atoms in total. The lowest BCUT2D eigenvalue weighted by Gasteiger charge is -2.23. The third kappa shape index (κ3) is 0.965. The van der Waals surface area contributed by atoms with E-state index < -0.39 is 0 Å². The van der Waals surface area contributed by atoms with Gasteiger partial charge in [-0.05, 0) is 37.0 Å². The second-order valence-electron chi connectivity index (χ2n) is 4.02. The van der Waals surface area contributed by atoms with Crippen LogP contribution in [0.2, 0.25) is 0 Å². The Kier molecular flexibility index (Phi) is 1.64. The molecule has 4 atom stereocenters. The van der Waals surface area contributed by atoms with E-state index in [4.69, 9.17) is 5.26 Å². The largest absolute Gasteiger partial charge is 0.198 e. The Morgan fingerprint density at radius 3 is 2.73 bits per heavy atom. The molecule has 0 aromatic rings. The summed E-state index contributed by atoms with van der Waals surface area (Å²) >= 11 is 0. The zero-order chi connectivity index (χ0) is 7.84. The Morgan fingerprint density at radius 2 is 2.18 bits per heavy atom. The summed E-state index contributed by atoms with van der Waals surface area (Å²) in [5.74, 6) is 2.73. The lowest BCUT2D eigenvalue weighted by molar-refractivity contribution is 0.283. The summed E-state index contributed by atoms with van der Waals surface area (Å²) in [6.07, 6.45) is 4.89. The lowest BCUT2D eigenvalue weighted by atomic mass is 9.80. The Hall–Kier alpha value is -0.510. The highest BCUT2D eigenvalue weighted by molar-refractivity contribution is 5.03. The van der Waals surface area contributed by atoms with Crippen LogP contribution in [0.5, 0.6) is 0 Å². The van der Waals surface area contributed by atoms with Crippen molar-refractivity contribution >= 4 is 0 Å². The summed E-state index contributed by atoms with van der Waals surface area (Å²) in [7, 11) is 0. The summed E-state index contributed by atoms with van der Waals surface area (Å²) in [6, 6.07) is 2.43. The van der Waals surface area contributed by atoms with E-state index in [1.807, 2.05) is 0 Å². The van der Waals surface area contributed by atoms with E-state index in [1.165, 1.54) is 19.3 Å². The third-order valence-corrected chi connectivity index (χ3v) is 3.49. The van der Waals surface area contributed by atoms with Gasteiger partial charge < -0.3 is 0 Å². The standard InChI is InChI=1S/C10H14N/c1-2-8-3-7-4-9(6-11)10(8)5-7/h7-10H,1-5H2. The minimum absolute atomic E-state index is 0.375. The molecule has 59 valence electrons. The highest BCUT2D eigenvalue weighted by atomic mass is 14.5. The van der Waals surface area contributed by atoms with Gasteiger partial charge in [0.05, 0.1) is 6.07 Å².